The zero-order chi connectivity index (χ0) is 14.6. The average molecular weight is 286 g/mol. The van der Waals surface area contributed by atoms with Crippen LogP contribution in [0.15, 0.2) is 18.2 Å². The summed E-state index contributed by atoms with van der Waals surface area (Å²) in [5, 5.41) is 10.8. The number of hydrogen-bond acceptors (Lipinski definition) is 5. The average Bonchev–Trinajstić information content (AvgIpc) is 2.30. The van der Waals surface area contributed by atoms with Crippen molar-refractivity contribution in [3.8, 4) is 0 Å². The molecule has 0 spiro atoms. The molecule has 0 aliphatic carbocycles. The molecule has 1 aromatic carbocycles. The molecular weight excluding hydrogens is 268 g/mol. The fourth-order valence-corrected chi connectivity index (χ4v) is 3.73. The Balaban J connectivity index is 3.00. The minimum absolute atomic E-state index is 0.00830. The molecule has 0 saturated heterocycles. The third-order valence-electron chi connectivity index (χ3n) is 2.93. The third kappa shape index (κ3) is 4.29. The topological polar surface area (TPSA) is 103 Å². The second kappa shape index (κ2) is 6.12. The van der Waals surface area contributed by atoms with Crippen LogP contribution < -0.4 is 5.73 Å². The lowest BCUT2D eigenvalue weighted by atomic mass is 10.1. The van der Waals surface area contributed by atoms with Gasteiger partial charge in [-0.1, -0.05) is 19.1 Å². The van der Waals surface area contributed by atoms with E-state index in [2.05, 4.69) is 0 Å². The van der Waals surface area contributed by atoms with Crippen molar-refractivity contribution in [1.82, 2.24) is 0 Å². The minimum atomic E-state index is -3.31. The zero-order valence-electron chi connectivity index (χ0n) is 11.0. The van der Waals surface area contributed by atoms with E-state index in [1.807, 2.05) is 0 Å². The van der Waals surface area contributed by atoms with E-state index in [-0.39, 0.29) is 23.1 Å². The van der Waals surface area contributed by atoms with E-state index in [1.54, 1.807) is 19.9 Å². The van der Waals surface area contributed by atoms with Crippen molar-refractivity contribution >= 4 is 15.5 Å². The van der Waals surface area contributed by atoms with Gasteiger partial charge >= 0.3 is 0 Å². The van der Waals surface area contributed by atoms with Crippen LogP contribution in [0, 0.1) is 23.0 Å². The third-order valence-corrected chi connectivity index (χ3v) is 4.76. The van der Waals surface area contributed by atoms with Crippen molar-refractivity contribution < 1.29 is 13.3 Å². The van der Waals surface area contributed by atoms with Crippen LogP contribution in [-0.2, 0) is 15.6 Å². The van der Waals surface area contributed by atoms with Crippen LogP contribution in [0.1, 0.15) is 18.1 Å². The lowest BCUT2D eigenvalue weighted by Gasteiger charge is -2.11. The summed E-state index contributed by atoms with van der Waals surface area (Å²) >= 11 is 0. The van der Waals surface area contributed by atoms with E-state index in [0.29, 0.717) is 17.7 Å². The summed E-state index contributed by atoms with van der Waals surface area (Å²) in [6, 6.07) is 4.48. The van der Waals surface area contributed by atoms with Gasteiger partial charge in [-0.3, -0.25) is 10.1 Å². The second-order valence-electron chi connectivity index (χ2n) is 4.71. The Bertz CT molecular complexity index is 569. The zero-order valence-corrected chi connectivity index (χ0v) is 11.8. The van der Waals surface area contributed by atoms with Crippen molar-refractivity contribution in [3.05, 3.63) is 39.4 Å². The molecule has 19 heavy (non-hydrogen) atoms. The van der Waals surface area contributed by atoms with Crippen molar-refractivity contribution in [2.45, 2.75) is 19.6 Å². The molecule has 7 heteroatoms. The molecule has 0 amide bonds. The highest BCUT2D eigenvalue weighted by Crippen LogP contribution is 2.23. The van der Waals surface area contributed by atoms with E-state index >= 15 is 0 Å². The van der Waals surface area contributed by atoms with Gasteiger partial charge in [0.05, 0.1) is 16.4 Å². The van der Waals surface area contributed by atoms with Crippen LogP contribution in [0.5, 0.6) is 0 Å². The summed E-state index contributed by atoms with van der Waals surface area (Å²) in [6.45, 7) is 3.63. The van der Waals surface area contributed by atoms with Crippen LogP contribution in [0.25, 0.3) is 0 Å². The highest BCUT2D eigenvalue weighted by atomic mass is 32.2. The van der Waals surface area contributed by atoms with Crippen LogP contribution in [0.3, 0.4) is 0 Å². The number of nitro benzene ring substituents is 1. The van der Waals surface area contributed by atoms with Gasteiger partial charge in [0, 0.05) is 11.6 Å². The van der Waals surface area contributed by atoms with Gasteiger partial charge in [-0.25, -0.2) is 8.42 Å². The Morgan fingerprint density at radius 2 is 2.05 bits per heavy atom. The maximum Gasteiger partial charge on any atom is 0.272 e. The summed E-state index contributed by atoms with van der Waals surface area (Å²) in [4.78, 5) is 10.3. The first-order chi connectivity index (χ1) is 8.76. The summed E-state index contributed by atoms with van der Waals surface area (Å²) in [7, 11) is -3.31. The van der Waals surface area contributed by atoms with Gasteiger partial charge in [0.25, 0.3) is 5.69 Å². The predicted octanol–water partition coefficient (Wildman–Crippen LogP) is 1.41. The number of sulfone groups is 1. The van der Waals surface area contributed by atoms with E-state index in [9.17, 15) is 18.5 Å². The molecule has 0 aromatic heterocycles. The van der Waals surface area contributed by atoms with Crippen LogP contribution >= 0.6 is 0 Å². The number of nitro groups is 1. The number of hydrogen-bond donors (Lipinski definition) is 1. The molecule has 0 bridgehead atoms. The van der Waals surface area contributed by atoms with Crippen molar-refractivity contribution in [2.24, 2.45) is 11.7 Å². The van der Waals surface area contributed by atoms with Crippen LogP contribution in [0.2, 0.25) is 0 Å². The minimum Gasteiger partial charge on any atom is -0.330 e. The number of nitrogens with zero attached hydrogens (tertiary/aromatic N) is 1. The summed E-state index contributed by atoms with van der Waals surface area (Å²) in [5.74, 6) is -0.319. The van der Waals surface area contributed by atoms with E-state index in [1.165, 1.54) is 12.1 Å². The first-order valence-corrected chi connectivity index (χ1v) is 7.72. The molecule has 1 unspecified atom stereocenters. The molecular formula is C12H18N2O4S. The highest BCUT2D eigenvalue weighted by Gasteiger charge is 2.20. The highest BCUT2D eigenvalue weighted by molar-refractivity contribution is 7.90. The van der Waals surface area contributed by atoms with Gasteiger partial charge in [0.2, 0.25) is 0 Å². The molecule has 1 atom stereocenters. The van der Waals surface area contributed by atoms with Gasteiger partial charge in [-0.2, -0.15) is 0 Å². The first-order valence-electron chi connectivity index (χ1n) is 5.90. The lowest BCUT2D eigenvalue weighted by molar-refractivity contribution is -0.385. The Hall–Kier alpha value is -1.47. The van der Waals surface area contributed by atoms with Crippen molar-refractivity contribution in [3.63, 3.8) is 0 Å². The first kappa shape index (κ1) is 15.6. The molecule has 0 saturated carbocycles. The van der Waals surface area contributed by atoms with Crippen molar-refractivity contribution in [1.29, 1.82) is 0 Å². The van der Waals surface area contributed by atoms with Gasteiger partial charge < -0.3 is 5.73 Å². The maximum atomic E-state index is 12.0. The quantitative estimate of drug-likeness (QED) is 0.629. The predicted molar refractivity (Wildman–Crippen MR) is 73.5 cm³/mol. The maximum absolute atomic E-state index is 12.0. The van der Waals surface area contributed by atoms with Gasteiger partial charge in [-0.15, -0.1) is 0 Å². The number of rotatable bonds is 6. The SMILES string of the molecule is Cc1c(CS(=O)(=O)CC(C)CN)cccc1[N+](=O)[O-]. The second-order valence-corrected chi connectivity index (χ2v) is 6.82. The standard InChI is InChI=1S/C12H18N2O4S/c1-9(6-13)7-19(17,18)8-11-4-3-5-12(10(11)2)14(15)16/h3-5,9H,6-8,13H2,1-2H3. The normalized spacial score (nSPS) is 13.2. The Morgan fingerprint density at radius 3 is 2.58 bits per heavy atom. The fraction of sp³-hybridized carbons (Fsp3) is 0.500. The number of nitrogens with two attached hydrogens (primary N) is 1. The molecule has 0 radical (unpaired) electrons. The molecule has 6 nitrogen and oxygen atoms in total. The van der Waals surface area contributed by atoms with Gasteiger partial charge in [0.1, 0.15) is 0 Å². The van der Waals surface area contributed by atoms with Crippen LogP contribution in [0.4, 0.5) is 5.69 Å². The Labute approximate surface area is 112 Å². The molecule has 106 valence electrons. The Kier molecular flexibility index (Phi) is 5.02. The largest absolute Gasteiger partial charge is 0.330 e. The molecule has 1 aromatic rings. The van der Waals surface area contributed by atoms with Crippen LogP contribution in [-0.4, -0.2) is 25.6 Å². The molecule has 2 N–H and O–H groups in total. The van der Waals surface area contributed by atoms with Gasteiger partial charge in [-0.05, 0) is 24.9 Å². The van der Waals surface area contributed by atoms with Crippen molar-refractivity contribution in [2.75, 3.05) is 12.3 Å². The lowest BCUT2D eigenvalue weighted by Crippen LogP contribution is -2.22. The number of benzene rings is 1. The van der Waals surface area contributed by atoms with Gasteiger partial charge in [0.15, 0.2) is 9.84 Å². The van der Waals surface area contributed by atoms with E-state index in [0.717, 1.165) is 0 Å². The summed E-state index contributed by atoms with van der Waals surface area (Å²) in [5.41, 5.74) is 6.23. The molecule has 0 aliphatic heterocycles. The van der Waals surface area contributed by atoms with E-state index < -0.39 is 14.8 Å². The summed E-state index contributed by atoms with van der Waals surface area (Å²) in [6.07, 6.45) is 0. The smallest absolute Gasteiger partial charge is 0.272 e. The molecule has 0 aliphatic rings. The molecule has 0 fully saturated rings. The Morgan fingerprint density at radius 1 is 1.42 bits per heavy atom. The summed E-state index contributed by atoms with van der Waals surface area (Å²) < 4.78 is 24.0. The van der Waals surface area contributed by atoms with E-state index in [4.69, 9.17) is 5.73 Å². The molecule has 0 heterocycles. The molecule has 1 rings (SSSR count). The fourth-order valence-electron chi connectivity index (χ4n) is 1.82. The monoisotopic (exact) mass is 286 g/mol.